The van der Waals surface area contributed by atoms with Crippen molar-refractivity contribution in [1.29, 1.82) is 0 Å². The van der Waals surface area contributed by atoms with Gasteiger partial charge in [0.1, 0.15) is 6.10 Å². The van der Waals surface area contributed by atoms with Crippen molar-refractivity contribution in [2.75, 3.05) is 20.1 Å². The summed E-state index contributed by atoms with van der Waals surface area (Å²) in [6.45, 7) is 2.27. The fraction of sp³-hybridized carbons (Fsp3) is 0.720. The summed E-state index contributed by atoms with van der Waals surface area (Å²) >= 11 is 0. The van der Waals surface area contributed by atoms with Crippen LogP contribution in [0.5, 0.6) is 5.88 Å². The number of carbonyl (C=O) groups is 1. The highest BCUT2D eigenvalue weighted by Gasteiger charge is 2.31. The number of pyridine rings is 1. The molecule has 2 N–H and O–H groups in total. The third-order valence-electron chi connectivity index (χ3n) is 7.12. The van der Waals surface area contributed by atoms with Crippen LogP contribution in [0.2, 0.25) is 0 Å². The summed E-state index contributed by atoms with van der Waals surface area (Å²) in [6, 6.07) is 4.28. The Balaban J connectivity index is 1.23. The normalized spacial score (nSPS) is 23.2. The lowest BCUT2D eigenvalue weighted by Gasteiger charge is -2.26. The Kier molecular flexibility index (Phi) is 8.24. The SMILES string of the molecule is CN=C(NCc1ccnc(OC2CCCCC2)c1)NC1CCN(C(=O)C2CCCCC2)C1. The Morgan fingerprint density at radius 2 is 1.88 bits per heavy atom. The number of likely N-dealkylation sites (tertiary alicyclic amines) is 1. The van der Waals surface area contributed by atoms with Crippen molar-refractivity contribution in [3.8, 4) is 5.88 Å². The van der Waals surface area contributed by atoms with Crippen LogP contribution in [0.25, 0.3) is 0 Å². The zero-order valence-corrected chi connectivity index (χ0v) is 19.5. The van der Waals surface area contributed by atoms with E-state index in [9.17, 15) is 4.79 Å². The third-order valence-corrected chi connectivity index (χ3v) is 7.12. The highest BCUT2D eigenvalue weighted by Crippen LogP contribution is 2.27. The van der Waals surface area contributed by atoms with Crippen LogP contribution in [0.3, 0.4) is 0 Å². The second-order valence-electron chi connectivity index (χ2n) is 9.56. The van der Waals surface area contributed by atoms with Gasteiger partial charge in [-0.05, 0) is 56.6 Å². The molecule has 7 heteroatoms. The van der Waals surface area contributed by atoms with Crippen LogP contribution in [0.15, 0.2) is 23.3 Å². The Hall–Kier alpha value is -2.31. The van der Waals surface area contributed by atoms with Crippen LogP contribution in [0, 0.1) is 5.92 Å². The van der Waals surface area contributed by atoms with Crippen LogP contribution >= 0.6 is 0 Å². The molecule has 3 fully saturated rings. The molecule has 1 atom stereocenters. The van der Waals surface area contributed by atoms with E-state index in [2.05, 4.69) is 25.5 Å². The maximum atomic E-state index is 12.8. The van der Waals surface area contributed by atoms with Crippen molar-refractivity contribution in [3.63, 3.8) is 0 Å². The second-order valence-corrected chi connectivity index (χ2v) is 9.56. The first kappa shape index (κ1) is 22.9. The van der Waals surface area contributed by atoms with E-state index in [1.165, 1.54) is 38.5 Å². The Labute approximate surface area is 192 Å². The monoisotopic (exact) mass is 441 g/mol. The number of hydrogen-bond acceptors (Lipinski definition) is 4. The largest absolute Gasteiger partial charge is 0.474 e. The summed E-state index contributed by atoms with van der Waals surface area (Å²) in [7, 11) is 1.79. The van der Waals surface area contributed by atoms with Crippen LogP contribution in [0.4, 0.5) is 0 Å². The number of aliphatic imine (C=N–C) groups is 1. The standard InChI is InChI=1S/C25H39N5O2/c1-26-25(29-21-13-15-30(18-21)24(31)20-8-4-2-5-9-20)28-17-19-12-14-27-23(16-19)32-22-10-6-3-7-11-22/h12,14,16,20-22H,2-11,13,15,17-18H2,1H3,(H2,26,28,29). The maximum Gasteiger partial charge on any atom is 0.225 e. The van der Waals surface area contributed by atoms with Crippen LogP contribution in [-0.4, -0.2) is 54.0 Å². The molecule has 1 aliphatic heterocycles. The van der Waals surface area contributed by atoms with Crippen molar-refractivity contribution in [2.24, 2.45) is 10.9 Å². The van der Waals surface area contributed by atoms with Gasteiger partial charge in [0.2, 0.25) is 11.8 Å². The highest BCUT2D eigenvalue weighted by molar-refractivity contribution is 5.81. The Bertz CT molecular complexity index is 771. The minimum Gasteiger partial charge on any atom is -0.474 e. The molecule has 32 heavy (non-hydrogen) atoms. The van der Waals surface area contributed by atoms with Crippen molar-refractivity contribution >= 4 is 11.9 Å². The summed E-state index contributed by atoms with van der Waals surface area (Å²) in [5.74, 6) is 2.09. The van der Waals surface area contributed by atoms with E-state index in [1.807, 2.05) is 18.3 Å². The molecule has 0 bridgehead atoms. The molecule has 0 spiro atoms. The number of carbonyl (C=O) groups excluding carboxylic acids is 1. The molecule has 1 aromatic rings. The zero-order chi connectivity index (χ0) is 22.2. The molecule has 1 unspecified atom stereocenters. The molecule has 2 saturated carbocycles. The van der Waals surface area contributed by atoms with Gasteiger partial charge in [0.15, 0.2) is 5.96 Å². The van der Waals surface area contributed by atoms with Crippen molar-refractivity contribution in [3.05, 3.63) is 23.9 Å². The van der Waals surface area contributed by atoms with Gasteiger partial charge >= 0.3 is 0 Å². The fourth-order valence-corrected chi connectivity index (χ4v) is 5.24. The van der Waals surface area contributed by atoms with E-state index in [-0.39, 0.29) is 12.0 Å². The molecule has 1 aromatic heterocycles. The number of amides is 1. The summed E-state index contributed by atoms with van der Waals surface area (Å²) in [5, 5.41) is 6.91. The van der Waals surface area contributed by atoms with Gasteiger partial charge in [0.05, 0.1) is 0 Å². The first-order valence-corrected chi connectivity index (χ1v) is 12.6. The predicted octanol–water partition coefficient (Wildman–Crippen LogP) is 3.64. The van der Waals surface area contributed by atoms with Crippen molar-refractivity contribution in [1.82, 2.24) is 20.5 Å². The lowest BCUT2D eigenvalue weighted by atomic mass is 9.88. The molecule has 3 aliphatic rings. The van der Waals surface area contributed by atoms with E-state index in [1.54, 1.807) is 7.05 Å². The molecule has 0 radical (unpaired) electrons. The molecule has 2 aliphatic carbocycles. The second kappa shape index (κ2) is 11.5. The van der Waals surface area contributed by atoms with Crippen LogP contribution in [0.1, 0.15) is 76.2 Å². The number of rotatable bonds is 6. The van der Waals surface area contributed by atoms with E-state index in [0.717, 1.165) is 56.7 Å². The smallest absolute Gasteiger partial charge is 0.225 e. The van der Waals surface area contributed by atoms with Gasteiger partial charge in [0, 0.05) is 50.9 Å². The van der Waals surface area contributed by atoms with Gasteiger partial charge in [-0.15, -0.1) is 0 Å². The van der Waals surface area contributed by atoms with Crippen LogP contribution in [-0.2, 0) is 11.3 Å². The Morgan fingerprint density at radius 3 is 2.62 bits per heavy atom. The number of hydrogen-bond donors (Lipinski definition) is 2. The van der Waals surface area contributed by atoms with Gasteiger partial charge in [0.25, 0.3) is 0 Å². The summed E-state index contributed by atoms with van der Waals surface area (Å²) in [5.41, 5.74) is 1.12. The maximum absolute atomic E-state index is 12.8. The molecular formula is C25H39N5O2. The lowest BCUT2D eigenvalue weighted by molar-refractivity contribution is -0.135. The van der Waals surface area contributed by atoms with Crippen LogP contribution < -0.4 is 15.4 Å². The zero-order valence-electron chi connectivity index (χ0n) is 19.5. The Morgan fingerprint density at radius 1 is 1.12 bits per heavy atom. The lowest BCUT2D eigenvalue weighted by Crippen LogP contribution is -2.45. The first-order chi connectivity index (χ1) is 15.7. The molecule has 1 amide bonds. The number of ether oxygens (including phenoxy) is 1. The molecule has 0 aromatic carbocycles. The topological polar surface area (TPSA) is 78.9 Å². The quantitative estimate of drug-likeness (QED) is 0.521. The van der Waals surface area contributed by atoms with E-state index in [4.69, 9.17) is 4.74 Å². The van der Waals surface area contributed by atoms with E-state index in [0.29, 0.717) is 24.4 Å². The number of guanidine groups is 1. The minimum atomic E-state index is 0.247. The fourth-order valence-electron chi connectivity index (χ4n) is 5.24. The molecule has 7 nitrogen and oxygen atoms in total. The number of nitrogens with zero attached hydrogens (tertiary/aromatic N) is 3. The van der Waals surface area contributed by atoms with E-state index < -0.39 is 0 Å². The molecule has 1 saturated heterocycles. The summed E-state index contributed by atoms with van der Waals surface area (Å²) in [6.07, 6.45) is 15.0. The molecule has 4 rings (SSSR count). The third kappa shape index (κ3) is 6.36. The molecule has 176 valence electrons. The van der Waals surface area contributed by atoms with Gasteiger partial charge in [-0.1, -0.05) is 25.7 Å². The highest BCUT2D eigenvalue weighted by atomic mass is 16.5. The summed E-state index contributed by atoms with van der Waals surface area (Å²) < 4.78 is 6.10. The predicted molar refractivity (Wildman–Crippen MR) is 127 cm³/mol. The average Bonchev–Trinajstić information content (AvgIpc) is 3.31. The molecule has 2 heterocycles. The van der Waals surface area contributed by atoms with Crippen molar-refractivity contribution in [2.45, 2.75) is 89.3 Å². The first-order valence-electron chi connectivity index (χ1n) is 12.6. The van der Waals surface area contributed by atoms with Gasteiger partial charge in [-0.25, -0.2) is 4.98 Å². The minimum absolute atomic E-state index is 0.247. The molecular weight excluding hydrogens is 402 g/mol. The number of aromatic nitrogens is 1. The van der Waals surface area contributed by atoms with Gasteiger partial charge in [-0.3, -0.25) is 9.79 Å². The average molecular weight is 442 g/mol. The summed E-state index contributed by atoms with van der Waals surface area (Å²) in [4.78, 5) is 23.7. The van der Waals surface area contributed by atoms with Gasteiger partial charge < -0.3 is 20.3 Å². The van der Waals surface area contributed by atoms with E-state index >= 15 is 0 Å². The van der Waals surface area contributed by atoms with Gasteiger partial charge in [-0.2, -0.15) is 0 Å². The number of nitrogens with one attached hydrogen (secondary N) is 2. The van der Waals surface area contributed by atoms with Crippen molar-refractivity contribution < 1.29 is 9.53 Å².